The van der Waals surface area contributed by atoms with Crippen molar-refractivity contribution in [1.29, 1.82) is 0 Å². The van der Waals surface area contributed by atoms with E-state index in [1.54, 1.807) is 35.4 Å². The summed E-state index contributed by atoms with van der Waals surface area (Å²) in [6.07, 6.45) is 2.59. The van der Waals surface area contributed by atoms with Gasteiger partial charge in [-0.1, -0.05) is 35.9 Å². The van der Waals surface area contributed by atoms with Crippen LogP contribution in [0.15, 0.2) is 72.9 Å². The smallest absolute Gasteiger partial charge is 0.227 e. The third-order valence-corrected chi connectivity index (χ3v) is 4.34. The second-order valence-corrected chi connectivity index (χ2v) is 6.55. The fraction of sp³-hybridized carbons (Fsp3) is 0.217. The van der Waals surface area contributed by atoms with Gasteiger partial charge in [0.15, 0.2) is 0 Å². The molecule has 3 aromatic rings. The Morgan fingerprint density at radius 3 is 2.50 bits per heavy atom. The number of nitrogens with zero attached hydrogens (tertiary/aromatic N) is 2. The maximum absolute atomic E-state index is 12.9. The molecule has 0 unspecified atom stereocenters. The number of rotatable bonds is 8. The lowest BCUT2D eigenvalue weighted by molar-refractivity contribution is -0.119. The van der Waals surface area contributed by atoms with Gasteiger partial charge in [0.2, 0.25) is 5.91 Å². The van der Waals surface area contributed by atoms with Crippen LogP contribution in [0.5, 0.6) is 11.5 Å². The van der Waals surface area contributed by atoms with E-state index in [-0.39, 0.29) is 11.7 Å². The van der Waals surface area contributed by atoms with Crippen molar-refractivity contribution in [2.24, 2.45) is 0 Å². The minimum absolute atomic E-state index is 0.0719. The first kappa shape index (κ1) is 19.4. The molecule has 0 saturated carbocycles. The highest BCUT2D eigenvalue weighted by atomic mass is 16.5. The molecule has 28 heavy (non-hydrogen) atoms. The van der Waals surface area contributed by atoms with E-state index in [0.717, 1.165) is 11.4 Å². The molecule has 0 atom stereocenters. The number of anilines is 1. The molecule has 2 aromatic carbocycles. The number of carbonyl (C=O) groups is 1. The Morgan fingerprint density at radius 2 is 1.79 bits per heavy atom. The first-order valence-corrected chi connectivity index (χ1v) is 9.31. The summed E-state index contributed by atoms with van der Waals surface area (Å²) in [4.78, 5) is 18.8. The van der Waals surface area contributed by atoms with Gasteiger partial charge in [-0.05, 0) is 49.7 Å². The highest BCUT2D eigenvalue weighted by molar-refractivity contribution is 5.94. The molecule has 0 aliphatic heterocycles. The number of phenols is 1. The maximum atomic E-state index is 12.9. The zero-order chi connectivity index (χ0) is 19.8. The lowest BCUT2D eigenvalue weighted by Crippen LogP contribution is -2.31. The molecule has 0 saturated heterocycles. The first-order chi connectivity index (χ1) is 13.6. The molecule has 1 heterocycles. The van der Waals surface area contributed by atoms with Crippen LogP contribution < -0.4 is 9.64 Å². The molecule has 1 amide bonds. The minimum Gasteiger partial charge on any atom is -0.506 e. The van der Waals surface area contributed by atoms with Crippen LogP contribution in [0.3, 0.4) is 0 Å². The van der Waals surface area contributed by atoms with Crippen molar-refractivity contribution < 1.29 is 14.6 Å². The van der Waals surface area contributed by atoms with E-state index in [1.165, 1.54) is 5.56 Å². The van der Waals surface area contributed by atoms with Crippen LogP contribution in [0.1, 0.15) is 24.1 Å². The molecule has 0 aliphatic rings. The molecule has 0 fully saturated rings. The number of aryl methyl sites for hydroxylation is 1. The number of aromatic hydroxyl groups is 1. The number of para-hydroxylation sites is 2. The summed E-state index contributed by atoms with van der Waals surface area (Å²) < 4.78 is 5.71. The topological polar surface area (TPSA) is 62.7 Å². The molecule has 144 valence electrons. The average molecular weight is 376 g/mol. The highest BCUT2D eigenvalue weighted by Gasteiger charge is 2.19. The third kappa shape index (κ3) is 5.33. The quantitative estimate of drug-likeness (QED) is 0.589. The SMILES string of the molecule is Cc1ccc(OCCCC(=O)N(Cc2ccccn2)c2ccccc2O)cc1. The summed E-state index contributed by atoms with van der Waals surface area (Å²) >= 11 is 0. The zero-order valence-corrected chi connectivity index (χ0v) is 15.9. The van der Waals surface area contributed by atoms with Gasteiger partial charge >= 0.3 is 0 Å². The number of phenolic OH excluding ortho intramolecular Hbond substituents is 1. The van der Waals surface area contributed by atoms with E-state index < -0.39 is 0 Å². The van der Waals surface area contributed by atoms with Gasteiger partial charge < -0.3 is 14.7 Å². The van der Waals surface area contributed by atoms with Crippen molar-refractivity contribution in [2.45, 2.75) is 26.3 Å². The number of carbonyl (C=O) groups excluding carboxylic acids is 1. The van der Waals surface area contributed by atoms with Crippen LogP contribution in [-0.4, -0.2) is 22.6 Å². The van der Waals surface area contributed by atoms with Crippen LogP contribution in [-0.2, 0) is 11.3 Å². The van der Waals surface area contributed by atoms with Gasteiger partial charge in [-0.3, -0.25) is 9.78 Å². The van der Waals surface area contributed by atoms with E-state index in [2.05, 4.69) is 4.98 Å². The second-order valence-electron chi connectivity index (χ2n) is 6.55. The fourth-order valence-corrected chi connectivity index (χ4v) is 2.84. The predicted molar refractivity (Wildman–Crippen MR) is 109 cm³/mol. The Bertz CT molecular complexity index is 895. The maximum Gasteiger partial charge on any atom is 0.227 e. The molecule has 5 heteroatoms. The fourth-order valence-electron chi connectivity index (χ4n) is 2.84. The van der Waals surface area contributed by atoms with E-state index in [4.69, 9.17) is 4.74 Å². The highest BCUT2D eigenvalue weighted by Crippen LogP contribution is 2.28. The van der Waals surface area contributed by atoms with E-state index in [0.29, 0.717) is 31.7 Å². The molecular weight excluding hydrogens is 352 g/mol. The van der Waals surface area contributed by atoms with Gasteiger partial charge in [-0.15, -0.1) is 0 Å². The Morgan fingerprint density at radius 1 is 1.04 bits per heavy atom. The number of benzene rings is 2. The van der Waals surface area contributed by atoms with E-state index >= 15 is 0 Å². The lowest BCUT2D eigenvalue weighted by Gasteiger charge is -2.23. The van der Waals surface area contributed by atoms with Crippen LogP contribution in [0.2, 0.25) is 0 Å². The first-order valence-electron chi connectivity index (χ1n) is 9.31. The second kappa shape index (κ2) is 9.55. The molecule has 0 radical (unpaired) electrons. The Hall–Kier alpha value is -3.34. The van der Waals surface area contributed by atoms with Crippen molar-refractivity contribution in [3.05, 3.63) is 84.2 Å². The number of hydrogen-bond acceptors (Lipinski definition) is 4. The summed E-state index contributed by atoms with van der Waals surface area (Å²) in [6.45, 7) is 2.78. The monoisotopic (exact) mass is 376 g/mol. The van der Waals surface area contributed by atoms with Crippen molar-refractivity contribution >= 4 is 11.6 Å². The van der Waals surface area contributed by atoms with E-state index in [9.17, 15) is 9.90 Å². The average Bonchev–Trinajstić information content (AvgIpc) is 2.72. The molecule has 1 aromatic heterocycles. The summed E-state index contributed by atoms with van der Waals surface area (Å²) in [7, 11) is 0. The van der Waals surface area contributed by atoms with Crippen molar-refractivity contribution in [3.63, 3.8) is 0 Å². The molecule has 0 bridgehead atoms. The number of hydrogen-bond donors (Lipinski definition) is 1. The van der Waals surface area contributed by atoms with Gasteiger partial charge in [-0.2, -0.15) is 0 Å². The Labute approximate surface area is 165 Å². The third-order valence-electron chi connectivity index (χ3n) is 4.34. The number of amides is 1. The normalized spacial score (nSPS) is 10.5. The van der Waals surface area contributed by atoms with Crippen LogP contribution in [0.25, 0.3) is 0 Å². The molecule has 1 N–H and O–H groups in total. The molecule has 0 spiro atoms. The minimum atomic E-state index is -0.0836. The molecular formula is C23H24N2O3. The van der Waals surface area contributed by atoms with Gasteiger partial charge in [-0.25, -0.2) is 0 Å². The van der Waals surface area contributed by atoms with E-state index in [1.807, 2.05) is 49.4 Å². The number of aromatic nitrogens is 1. The van der Waals surface area contributed by atoms with Crippen LogP contribution >= 0.6 is 0 Å². The summed E-state index contributed by atoms with van der Waals surface area (Å²) in [5.41, 5.74) is 2.42. The van der Waals surface area contributed by atoms with Gasteiger partial charge in [0, 0.05) is 12.6 Å². The molecule has 5 nitrogen and oxygen atoms in total. The predicted octanol–water partition coefficient (Wildman–Crippen LogP) is 4.49. The number of ether oxygens (including phenoxy) is 1. The van der Waals surface area contributed by atoms with Gasteiger partial charge in [0.1, 0.15) is 11.5 Å². The van der Waals surface area contributed by atoms with Crippen molar-refractivity contribution in [2.75, 3.05) is 11.5 Å². The van der Waals surface area contributed by atoms with Crippen molar-refractivity contribution in [1.82, 2.24) is 4.98 Å². The Kier molecular flexibility index (Phi) is 6.63. The van der Waals surface area contributed by atoms with Gasteiger partial charge in [0.05, 0.1) is 24.5 Å². The Balaban J connectivity index is 1.63. The largest absolute Gasteiger partial charge is 0.506 e. The zero-order valence-electron chi connectivity index (χ0n) is 15.9. The van der Waals surface area contributed by atoms with Crippen LogP contribution in [0, 0.1) is 6.92 Å². The lowest BCUT2D eigenvalue weighted by atomic mass is 10.2. The molecule has 0 aliphatic carbocycles. The summed E-state index contributed by atoms with van der Waals surface area (Å²) in [5.74, 6) is 0.784. The summed E-state index contributed by atoms with van der Waals surface area (Å²) in [5, 5.41) is 10.2. The standard InChI is InChI=1S/C23H24N2O3/c1-18-11-13-20(14-12-18)28-16-6-10-23(27)25(17-19-7-4-5-15-24-19)21-8-2-3-9-22(21)26/h2-5,7-9,11-15,26H,6,10,16-17H2,1H3. The molecule has 3 rings (SSSR count). The number of pyridine rings is 1. The van der Waals surface area contributed by atoms with Crippen molar-refractivity contribution in [3.8, 4) is 11.5 Å². The van der Waals surface area contributed by atoms with Crippen LogP contribution in [0.4, 0.5) is 5.69 Å². The summed E-state index contributed by atoms with van der Waals surface area (Å²) in [6, 6.07) is 20.3. The van der Waals surface area contributed by atoms with Gasteiger partial charge in [0.25, 0.3) is 0 Å².